The van der Waals surface area contributed by atoms with Crippen LogP contribution in [0.5, 0.6) is 5.75 Å². The number of halogens is 1. The zero-order chi connectivity index (χ0) is 35.8. The molecule has 1 spiro atoms. The lowest BCUT2D eigenvalue weighted by Crippen LogP contribution is -2.50. The molecule has 1 aliphatic heterocycles. The molecule has 7 nitrogen and oxygen atoms in total. The quantitative estimate of drug-likeness (QED) is 0.154. The summed E-state index contributed by atoms with van der Waals surface area (Å²) >= 11 is 6.48. The molecule has 4 aliphatic rings. The van der Waals surface area contributed by atoms with Crippen molar-refractivity contribution in [1.29, 1.82) is 0 Å². The standard InChI is InChI=1S/C43H50ClNO6/c1-42(2,3)51-41(47)31-13-17-38-37(24-31)45(26-43(27-50-38)19-8-11-30-23-34(44)14-16-36(30)43)25-32-12-15-35(32)39(48-4)33-21-28(22-33)18-20-49-40(46)29-9-6-5-7-10-29/h5-7,9-10,13-14,16-17,21,23-24,28,32,35,39H,8,11-12,15,18-20,22,25-27H2,1-4H3/t28-,32+,35-,39+,43+/m1/s1. The summed E-state index contributed by atoms with van der Waals surface area (Å²) < 4.78 is 24.2. The number of esters is 2. The van der Waals surface area contributed by atoms with E-state index in [-0.39, 0.29) is 23.5 Å². The van der Waals surface area contributed by atoms with E-state index < -0.39 is 5.60 Å². The van der Waals surface area contributed by atoms with Crippen LogP contribution in [0.4, 0.5) is 5.69 Å². The number of hydrogen-bond acceptors (Lipinski definition) is 7. The number of methoxy groups -OCH3 is 1. The maximum atomic E-state index is 13.3. The zero-order valence-electron chi connectivity index (χ0n) is 30.3. The summed E-state index contributed by atoms with van der Waals surface area (Å²) in [5.74, 6) is 1.41. The Kier molecular flexibility index (Phi) is 10.2. The summed E-state index contributed by atoms with van der Waals surface area (Å²) in [6, 6.07) is 21.2. The van der Waals surface area contributed by atoms with E-state index in [4.69, 9.17) is 30.5 Å². The van der Waals surface area contributed by atoms with E-state index in [1.165, 1.54) is 16.7 Å². The third-order valence-electron chi connectivity index (χ3n) is 11.3. The molecule has 1 heterocycles. The maximum absolute atomic E-state index is 13.3. The Balaban J connectivity index is 1.09. The van der Waals surface area contributed by atoms with Crippen LogP contribution in [0.3, 0.4) is 0 Å². The molecule has 0 unspecified atom stereocenters. The molecule has 1 saturated carbocycles. The number of ether oxygens (including phenoxy) is 4. The molecular weight excluding hydrogens is 662 g/mol. The first-order chi connectivity index (χ1) is 24.5. The number of fused-ring (bicyclic) bond motifs is 3. The van der Waals surface area contributed by atoms with Gasteiger partial charge in [-0.1, -0.05) is 41.9 Å². The van der Waals surface area contributed by atoms with Crippen LogP contribution >= 0.6 is 11.6 Å². The summed E-state index contributed by atoms with van der Waals surface area (Å²) in [5, 5.41) is 0.770. The average molecular weight is 712 g/mol. The highest BCUT2D eigenvalue weighted by molar-refractivity contribution is 6.30. The SMILES string of the molecule is CO[C@@H](C1=C[C@@H](CCOC(=O)c2ccccc2)C1)[C@@H]1CC[C@H]1CN1C[C@@]2(CCCc3cc(Cl)ccc32)COc2ccc(C(=O)OC(C)(C)C)cc21. The third kappa shape index (κ3) is 7.71. The zero-order valence-corrected chi connectivity index (χ0v) is 31.0. The van der Waals surface area contributed by atoms with Crippen molar-refractivity contribution < 1.29 is 28.5 Å². The third-order valence-corrected chi connectivity index (χ3v) is 11.5. The number of anilines is 1. The van der Waals surface area contributed by atoms with Gasteiger partial charge in [-0.2, -0.15) is 0 Å². The van der Waals surface area contributed by atoms with Crippen molar-refractivity contribution in [1.82, 2.24) is 0 Å². The molecule has 270 valence electrons. The minimum absolute atomic E-state index is 0.0640. The van der Waals surface area contributed by atoms with Crippen LogP contribution < -0.4 is 9.64 Å². The molecule has 51 heavy (non-hydrogen) atoms. The van der Waals surface area contributed by atoms with Crippen LogP contribution in [-0.2, 0) is 26.0 Å². The van der Waals surface area contributed by atoms with E-state index in [0.29, 0.717) is 42.1 Å². The van der Waals surface area contributed by atoms with Gasteiger partial charge in [0, 0.05) is 30.6 Å². The fraction of sp³-hybridized carbons (Fsp3) is 0.488. The van der Waals surface area contributed by atoms with Crippen LogP contribution in [0.15, 0.2) is 78.4 Å². The summed E-state index contributed by atoms with van der Waals surface area (Å²) in [6.07, 6.45) is 9.51. The van der Waals surface area contributed by atoms with Crippen molar-refractivity contribution in [2.45, 2.75) is 82.8 Å². The minimum Gasteiger partial charge on any atom is -0.490 e. The number of nitrogens with zero attached hydrogens (tertiary/aromatic N) is 1. The van der Waals surface area contributed by atoms with Gasteiger partial charge in [0.15, 0.2) is 0 Å². The Labute approximate surface area is 307 Å². The van der Waals surface area contributed by atoms with Crippen molar-refractivity contribution in [2.75, 3.05) is 38.3 Å². The highest BCUT2D eigenvalue weighted by atomic mass is 35.5. The first-order valence-corrected chi connectivity index (χ1v) is 18.9. The minimum atomic E-state index is -0.590. The monoisotopic (exact) mass is 711 g/mol. The van der Waals surface area contributed by atoms with E-state index in [0.717, 1.165) is 74.5 Å². The number of hydrogen-bond donors (Lipinski definition) is 0. The molecule has 0 saturated heterocycles. The van der Waals surface area contributed by atoms with Crippen LogP contribution in [0.1, 0.15) is 91.1 Å². The Morgan fingerprint density at radius 2 is 1.82 bits per heavy atom. The van der Waals surface area contributed by atoms with Gasteiger partial charge in [0.05, 0.1) is 36.1 Å². The molecule has 0 bridgehead atoms. The fourth-order valence-corrected chi connectivity index (χ4v) is 8.81. The van der Waals surface area contributed by atoms with Gasteiger partial charge in [0.2, 0.25) is 0 Å². The predicted molar refractivity (Wildman–Crippen MR) is 200 cm³/mol. The van der Waals surface area contributed by atoms with Crippen molar-refractivity contribution >= 4 is 29.2 Å². The normalized spacial score (nSPS) is 24.5. The molecule has 3 aromatic rings. The van der Waals surface area contributed by atoms with E-state index >= 15 is 0 Å². The molecule has 3 aliphatic carbocycles. The van der Waals surface area contributed by atoms with Gasteiger partial charge in [-0.15, -0.1) is 0 Å². The van der Waals surface area contributed by atoms with Gasteiger partial charge in [-0.25, -0.2) is 9.59 Å². The molecule has 1 fully saturated rings. The number of aryl methyl sites for hydroxylation is 1. The van der Waals surface area contributed by atoms with Crippen LogP contribution in [-0.4, -0.2) is 57.1 Å². The van der Waals surface area contributed by atoms with E-state index in [9.17, 15) is 9.59 Å². The topological polar surface area (TPSA) is 74.3 Å². The lowest BCUT2D eigenvalue weighted by Gasteiger charge is -2.47. The highest BCUT2D eigenvalue weighted by Crippen LogP contribution is 2.48. The van der Waals surface area contributed by atoms with Crippen LogP contribution in [0.25, 0.3) is 0 Å². The number of carbonyl (C=O) groups is 2. The molecule has 3 aromatic carbocycles. The first-order valence-electron chi connectivity index (χ1n) is 18.5. The molecule has 0 amide bonds. The number of allylic oxidation sites excluding steroid dienone is 1. The summed E-state index contributed by atoms with van der Waals surface area (Å²) in [7, 11) is 1.83. The second kappa shape index (κ2) is 14.7. The lowest BCUT2D eigenvalue weighted by atomic mass is 9.65. The van der Waals surface area contributed by atoms with Gasteiger partial charge in [-0.05, 0) is 143 Å². The average Bonchev–Trinajstić information content (AvgIpc) is 3.23. The van der Waals surface area contributed by atoms with E-state index in [1.807, 2.05) is 70.3 Å². The van der Waals surface area contributed by atoms with Crippen LogP contribution in [0.2, 0.25) is 5.02 Å². The Hall–Kier alpha value is -3.81. The molecule has 0 aromatic heterocycles. The van der Waals surface area contributed by atoms with Gasteiger partial charge >= 0.3 is 11.9 Å². The Morgan fingerprint density at radius 1 is 1.02 bits per heavy atom. The fourth-order valence-electron chi connectivity index (χ4n) is 8.61. The maximum Gasteiger partial charge on any atom is 0.338 e. The van der Waals surface area contributed by atoms with E-state index in [1.54, 1.807) is 12.1 Å². The number of benzene rings is 3. The lowest BCUT2D eigenvalue weighted by molar-refractivity contribution is -0.000159. The van der Waals surface area contributed by atoms with Crippen molar-refractivity contribution in [3.05, 3.63) is 106 Å². The predicted octanol–water partition coefficient (Wildman–Crippen LogP) is 9.00. The van der Waals surface area contributed by atoms with Gasteiger partial charge in [0.25, 0.3) is 0 Å². The number of carbonyl (C=O) groups excluding carboxylic acids is 2. The van der Waals surface area contributed by atoms with Crippen molar-refractivity contribution in [2.24, 2.45) is 17.8 Å². The van der Waals surface area contributed by atoms with Gasteiger partial charge in [-0.3, -0.25) is 0 Å². The largest absolute Gasteiger partial charge is 0.490 e. The number of rotatable bonds is 10. The highest BCUT2D eigenvalue weighted by Gasteiger charge is 2.46. The summed E-state index contributed by atoms with van der Waals surface area (Å²) in [5.41, 5.74) is 5.26. The van der Waals surface area contributed by atoms with Gasteiger partial charge < -0.3 is 23.8 Å². The molecule has 8 heteroatoms. The van der Waals surface area contributed by atoms with E-state index in [2.05, 4.69) is 23.1 Å². The Morgan fingerprint density at radius 3 is 2.55 bits per heavy atom. The van der Waals surface area contributed by atoms with Crippen LogP contribution in [0, 0.1) is 17.8 Å². The smallest absolute Gasteiger partial charge is 0.338 e. The second-order valence-electron chi connectivity index (χ2n) is 15.9. The summed E-state index contributed by atoms with van der Waals surface area (Å²) in [6.45, 7) is 8.29. The van der Waals surface area contributed by atoms with Gasteiger partial charge in [0.1, 0.15) is 11.4 Å². The van der Waals surface area contributed by atoms with Crippen molar-refractivity contribution in [3.8, 4) is 5.75 Å². The molecule has 0 radical (unpaired) electrons. The second-order valence-corrected chi connectivity index (χ2v) is 16.4. The van der Waals surface area contributed by atoms with Crippen molar-refractivity contribution in [3.63, 3.8) is 0 Å². The molecule has 0 N–H and O–H groups in total. The molecule has 7 rings (SSSR count). The Bertz CT molecular complexity index is 1780. The molecule has 5 atom stereocenters. The summed E-state index contributed by atoms with van der Waals surface area (Å²) in [4.78, 5) is 28.1. The first kappa shape index (κ1) is 35.6. The molecular formula is C43H50ClNO6.